The Morgan fingerprint density at radius 2 is 2.00 bits per heavy atom. The molecule has 0 heterocycles. The van der Waals surface area contributed by atoms with Gasteiger partial charge >= 0.3 is 0 Å². The number of rotatable bonds is 1. The van der Waals surface area contributed by atoms with E-state index in [0.717, 1.165) is 17.7 Å². The molecule has 0 aliphatic heterocycles. The third kappa shape index (κ3) is 3.97. The van der Waals surface area contributed by atoms with Crippen LogP contribution in [-0.2, 0) is 0 Å². The fourth-order valence-corrected chi connectivity index (χ4v) is 3.08. The number of hydrogen-bond donors (Lipinski definition) is 1. The summed E-state index contributed by atoms with van der Waals surface area (Å²) < 4.78 is 0. The highest BCUT2D eigenvalue weighted by molar-refractivity contribution is 7.80. The first-order chi connectivity index (χ1) is 6.09. The van der Waals surface area contributed by atoms with Crippen LogP contribution < -0.4 is 0 Å². The van der Waals surface area contributed by atoms with Gasteiger partial charge in [-0.2, -0.15) is 12.6 Å². The molecule has 0 saturated heterocycles. The third-order valence-corrected chi connectivity index (χ3v) is 3.90. The van der Waals surface area contributed by atoms with Crippen molar-refractivity contribution in [3.8, 4) is 0 Å². The van der Waals surface area contributed by atoms with Gasteiger partial charge in [-0.1, -0.05) is 32.5 Å². The van der Waals surface area contributed by atoms with Gasteiger partial charge in [-0.25, -0.2) is 0 Å². The minimum Gasteiger partial charge on any atom is -0.176 e. The van der Waals surface area contributed by atoms with Crippen LogP contribution in [0, 0.1) is 11.8 Å². The molecule has 0 amide bonds. The molecule has 0 bridgehead atoms. The fraction of sp³-hybridized carbons (Fsp3) is 1.00. The van der Waals surface area contributed by atoms with Crippen LogP contribution in [0.2, 0.25) is 5.82 Å². The van der Waals surface area contributed by atoms with E-state index in [1.54, 1.807) is 0 Å². The lowest BCUT2D eigenvalue weighted by Gasteiger charge is -2.29. The van der Waals surface area contributed by atoms with Gasteiger partial charge in [0.05, 0.1) is 0 Å². The van der Waals surface area contributed by atoms with Crippen molar-refractivity contribution in [2.24, 2.45) is 11.8 Å². The predicted molar refractivity (Wildman–Crippen MR) is 66.5 cm³/mol. The Kier molecular flexibility index (Phi) is 4.71. The quantitative estimate of drug-likeness (QED) is 0.486. The van der Waals surface area contributed by atoms with E-state index in [1.807, 2.05) is 0 Å². The molecule has 0 spiro atoms. The van der Waals surface area contributed by atoms with Gasteiger partial charge in [0.1, 0.15) is 7.85 Å². The first-order valence-corrected chi connectivity index (χ1v) is 6.29. The highest BCUT2D eigenvalue weighted by atomic mass is 32.1. The molecule has 13 heavy (non-hydrogen) atoms. The van der Waals surface area contributed by atoms with Gasteiger partial charge in [-0.05, 0) is 31.1 Å². The van der Waals surface area contributed by atoms with Crippen LogP contribution in [0.3, 0.4) is 0 Å². The smallest absolute Gasteiger partial charge is 0.105 e. The maximum Gasteiger partial charge on any atom is 0.105 e. The summed E-state index contributed by atoms with van der Waals surface area (Å²) in [5.41, 5.74) is 0. The van der Waals surface area contributed by atoms with Crippen LogP contribution >= 0.6 is 12.6 Å². The van der Waals surface area contributed by atoms with Crippen LogP contribution in [-0.4, -0.2) is 13.1 Å². The molecule has 1 saturated carbocycles. The predicted octanol–water partition coefficient (Wildman–Crippen LogP) is 2.94. The average molecular weight is 198 g/mol. The van der Waals surface area contributed by atoms with Gasteiger partial charge in [0, 0.05) is 5.25 Å². The second kappa shape index (κ2) is 5.33. The summed E-state index contributed by atoms with van der Waals surface area (Å²) in [7, 11) is 2.37. The summed E-state index contributed by atoms with van der Waals surface area (Å²) in [6, 6.07) is 0. The van der Waals surface area contributed by atoms with Crippen molar-refractivity contribution < 1.29 is 0 Å². The van der Waals surface area contributed by atoms with Crippen LogP contribution in [0.4, 0.5) is 0 Å². The highest BCUT2D eigenvalue weighted by Crippen LogP contribution is 2.33. The number of thiol groups is 1. The third-order valence-electron chi connectivity index (χ3n) is 3.43. The number of hydrogen-bond acceptors (Lipinski definition) is 1. The lowest BCUT2D eigenvalue weighted by Crippen LogP contribution is -2.18. The molecule has 0 aromatic rings. The fourth-order valence-electron chi connectivity index (χ4n) is 2.53. The summed E-state index contributed by atoms with van der Waals surface area (Å²) in [5.74, 6) is 2.73. The van der Waals surface area contributed by atoms with Gasteiger partial charge in [-0.15, -0.1) is 0 Å². The highest BCUT2D eigenvalue weighted by Gasteiger charge is 2.21. The molecule has 0 aromatic heterocycles. The van der Waals surface area contributed by atoms with Crippen molar-refractivity contribution in [2.45, 2.75) is 57.0 Å². The molecule has 0 nitrogen and oxygen atoms in total. The first kappa shape index (κ1) is 11.5. The molecule has 1 fully saturated rings. The summed E-state index contributed by atoms with van der Waals surface area (Å²) >= 11 is 4.62. The average Bonchev–Trinajstić information content (AvgIpc) is 1.98. The SMILES string of the molecule is BC(C)C1CCCC(S)CC(C)C1. The standard InChI is InChI=1S/C11H23BS/c1-8-6-10(9(2)12)4-3-5-11(13)7-8/h8-11,13H,3-7,12H2,1-2H3. The topological polar surface area (TPSA) is 0 Å². The van der Waals surface area contributed by atoms with Crippen molar-refractivity contribution in [2.75, 3.05) is 0 Å². The molecular formula is C11H23BS. The van der Waals surface area contributed by atoms with Crippen molar-refractivity contribution in [1.82, 2.24) is 0 Å². The zero-order valence-corrected chi connectivity index (χ0v) is 10.2. The van der Waals surface area contributed by atoms with Crippen molar-refractivity contribution >= 4 is 20.5 Å². The Bertz CT molecular complexity index is 147. The van der Waals surface area contributed by atoms with E-state index >= 15 is 0 Å². The molecule has 4 unspecified atom stereocenters. The van der Waals surface area contributed by atoms with Gasteiger partial charge in [0.15, 0.2) is 0 Å². The van der Waals surface area contributed by atoms with E-state index in [2.05, 4.69) is 34.3 Å². The lowest BCUT2D eigenvalue weighted by atomic mass is 9.71. The summed E-state index contributed by atoms with van der Waals surface area (Å²) in [6.45, 7) is 4.76. The molecule has 2 heteroatoms. The normalized spacial score (nSPS) is 39.2. The molecule has 4 atom stereocenters. The van der Waals surface area contributed by atoms with Crippen LogP contribution in [0.5, 0.6) is 0 Å². The van der Waals surface area contributed by atoms with Crippen molar-refractivity contribution in [1.29, 1.82) is 0 Å². The van der Waals surface area contributed by atoms with Crippen molar-refractivity contribution in [3.63, 3.8) is 0 Å². The Balaban J connectivity index is 2.44. The van der Waals surface area contributed by atoms with E-state index < -0.39 is 0 Å². The van der Waals surface area contributed by atoms with Gasteiger partial charge in [-0.3, -0.25) is 0 Å². The zero-order chi connectivity index (χ0) is 9.84. The Morgan fingerprint density at radius 3 is 2.62 bits per heavy atom. The molecule has 1 rings (SSSR count). The minimum absolute atomic E-state index is 0.670. The second-order valence-electron chi connectivity index (χ2n) is 5.17. The molecule has 76 valence electrons. The van der Waals surface area contributed by atoms with E-state index in [0.29, 0.717) is 5.25 Å². The van der Waals surface area contributed by atoms with E-state index in [4.69, 9.17) is 0 Å². The molecule has 0 N–H and O–H groups in total. The molecule has 0 radical (unpaired) electrons. The largest absolute Gasteiger partial charge is 0.176 e. The molecule has 0 aromatic carbocycles. The zero-order valence-electron chi connectivity index (χ0n) is 9.29. The van der Waals surface area contributed by atoms with Gasteiger partial charge < -0.3 is 0 Å². The summed E-state index contributed by atoms with van der Waals surface area (Å²) in [5, 5.41) is 0.670. The minimum atomic E-state index is 0.670. The first-order valence-electron chi connectivity index (χ1n) is 5.77. The van der Waals surface area contributed by atoms with Crippen LogP contribution in [0.15, 0.2) is 0 Å². The second-order valence-corrected chi connectivity index (χ2v) is 5.90. The molecular weight excluding hydrogens is 175 g/mol. The molecule has 1 aliphatic rings. The summed E-state index contributed by atoms with van der Waals surface area (Å²) in [6.07, 6.45) is 6.90. The summed E-state index contributed by atoms with van der Waals surface area (Å²) in [4.78, 5) is 0. The Labute approximate surface area is 89.7 Å². The van der Waals surface area contributed by atoms with Gasteiger partial charge in [0.25, 0.3) is 0 Å². The Morgan fingerprint density at radius 1 is 1.31 bits per heavy atom. The Hall–Kier alpha value is 0.415. The van der Waals surface area contributed by atoms with E-state index in [-0.39, 0.29) is 0 Å². The van der Waals surface area contributed by atoms with Gasteiger partial charge in [0.2, 0.25) is 0 Å². The maximum atomic E-state index is 4.62. The van der Waals surface area contributed by atoms with Crippen LogP contribution in [0.1, 0.15) is 46.0 Å². The van der Waals surface area contributed by atoms with E-state index in [1.165, 1.54) is 32.1 Å². The maximum absolute atomic E-state index is 4.62. The van der Waals surface area contributed by atoms with Crippen LogP contribution in [0.25, 0.3) is 0 Å². The van der Waals surface area contributed by atoms with E-state index in [9.17, 15) is 0 Å². The monoisotopic (exact) mass is 198 g/mol. The van der Waals surface area contributed by atoms with Crippen molar-refractivity contribution in [3.05, 3.63) is 0 Å². The molecule has 1 aliphatic carbocycles. The lowest BCUT2D eigenvalue weighted by molar-refractivity contribution is 0.310.